The standard InChI is InChI=1S/C8H6N2O.ClH/c1-6(11)8-7(5-9)3-2-4-10-8;/h2-4H,1H3;1H. The second-order valence-electron chi connectivity index (χ2n) is 2.07. The number of nitriles is 1. The van der Waals surface area contributed by atoms with Gasteiger partial charge in [-0.05, 0) is 12.1 Å². The van der Waals surface area contributed by atoms with E-state index in [2.05, 4.69) is 4.98 Å². The van der Waals surface area contributed by atoms with Crippen molar-refractivity contribution in [3.05, 3.63) is 29.6 Å². The zero-order valence-corrected chi connectivity index (χ0v) is 7.26. The first-order valence-electron chi connectivity index (χ1n) is 3.11. The average Bonchev–Trinajstić information content (AvgIpc) is 2.04. The molecule has 3 nitrogen and oxygen atoms in total. The van der Waals surface area contributed by atoms with Crippen LogP contribution in [0.2, 0.25) is 0 Å². The maximum absolute atomic E-state index is 10.8. The van der Waals surface area contributed by atoms with E-state index in [-0.39, 0.29) is 23.9 Å². The highest BCUT2D eigenvalue weighted by atomic mass is 35.5. The summed E-state index contributed by atoms with van der Waals surface area (Å²) >= 11 is 0. The number of Topliss-reactive ketones (excluding diaryl/α,β-unsaturated/α-hetero) is 1. The van der Waals surface area contributed by atoms with E-state index in [0.717, 1.165) is 0 Å². The van der Waals surface area contributed by atoms with Gasteiger partial charge in [-0.15, -0.1) is 12.4 Å². The monoisotopic (exact) mass is 182 g/mol. The number of halogens is 1. The molecule has 0 saturated heterocycles. The molecule has 1 rings (SSSR count). The van der Waals surface area contributed by atoms with E-state index in [1.165, 1.54) is 13.1 Å². The minimum Gasteiger partial charge on any atom is -0.293 e. The number of rotatable bonds is 1. The highest BCUT2D eigenvalue weighted by Gasteiger charge is 2.05. The van der Waals surface area contributed by atoms with Crippen LogP contribution in [0.4, 0.5) is 0 Å². The minimum absolute atomic E-state index is 0. The van der Waals surface area contributed by atoms with Crippen molar-refractivity contribution in [3.8, 4) is 6.07 Å². The normalized spacial score (nSPS) is 8.00. The van der Waals surface area contributed by atoms with Gasteiger partial charge in [-0.3, -0.25) is 9.78 Å². The summed E-state index contributed by atoms with van der Waals surface area (Å²) < 4.78 is 0. The molecule has 0 aliphatic carbocycles. The lowest BCUT2D eigenvalue weighted by Crippen LogP contribution is -1.99. The molecule has 0 atom stereocenters. The van der Waals surface area contributed by atoms with E-state index in [1.54, 1.807) is 12.1 Å². The molecule has 0 aliphatic heterocycles. The Morgan fingerprint density at radius 3 is 2.75 bits per heavy atom. The summed E-state index contributed by atoms with van der Waals surface area (Å²) in [5.41, 5.74) is 0.579. The summed E-state index contributed by atoms with van der Waals surface area (Å²) in [6, 6.07) is 5.10. The van der Waals surface area contributed by atoms with Gasteiger partial charge in [0.05, 0.1) is 5.56 Å². The summed E-state index contributed by atoms with van der Waals surface area (Å²) in [6.07, 6.45) is 1.50. The molecular weight excluding hydrogens is 176 g/mol. The van der Waals surface area contributed by atoms with Crippen LogP contribution < -0.4 is 0 Å². The molecule has 0 aromatic carbocycles. The van der Waals surface area contributed by atoms with Crippen molar-refractivity contribution in [2.24, 2.45) is 0 Å². The molecule has 0 amide bonds. The number of carbonyl (C=O) groups is 1. The van der Waals surface area contributed by atoms with Gasteiger partial charge in [0.15, 0.2) is 5.78 Å². The van der Waals surface area contributed by atoms with Gasteiger partial charge in [-0.25, -0.2) is 0 Å². The average molecular weight is 183 g/mol. The van der Waals surface area contributed by atoms with Gasteiger partial charge in [0.1, 0.15) is 11.8 Å². The first-order chi connectivity index (χ1) is 5.25. The minimum atomic E-state index is -0.179. The van der Waals surface area contributed by atoms with Crippen molar-refractivity contribution in [1.82, 2.24) is 4.98 Å². The SMILES string of the molecule is CC(=O)c1ncccc1C#N.Cl. The molecular formula is C8H7ClN2O. The molecule has 0 aliphatic rings. The van der Waals surface area contributed by atoms with Gasteiger partial charge < -0.3 is 0 Å². The summed E-state index contributed by atoms with van der Waals surface area (Å²) in [7, 11) is 0. The van der Waals surface area contributed by atoms with Crippen LogP contribution in [0.3, 0.4) is 0 Å². The van der Waals surface area contributed by atoms with Crippen LogP contribution in [-0.4, -0.2) is 10.8 Å². The predicted molar refractivity (Wildman–Crippen MR) is 46.2 cm³/mol. The number of nitrogens with zero attached hydrogens (tertiary/aromatic N) is 2. The van der Waals surface area contributed by atoms with Crippen LogP contribution in [0.1, 0.15) is 23.0 Å². The Balaban J connectivity index is 0.00000121. The maximum atomic E-state index is 10.8. The van der Waals surface area contributed by atoms with Gasteiger partial charge in [-0.1, -0.05) is 0 Å². The Labute approximate surface area is 76.5 Å². The molecule has 0 spiro atoms. The fourth-order valence-electron chi connectivity index (χ4n) is 0.776. The molecule has 0 N–H and O–H groups in total. The van der Waals surface area contributed by atoms with Crippen LogP contribution in [0.25, 0.3) is 0 Å². The Kier molecular flexibility index (Phi) is 3.95. The van der Waals surface area contributed by atoms with Crippen LogP contribution >= 0.6 is 12.4 Å². The third-order valence-corrected chi connectivity index (χ3v) is 1.26. The largest absolute Gasteiger partial charge is 0.293 e. The van der Waals surface area contributed by atoms with Gasteiger partial charge in [0.25, 0.3) is 0 Å². The maximum Gasteiger partial charge on any atom is 0.179 e. The van der Waals surface area contributed by atoms with Crippen LogP contribution in [0.15, 0.2) is 18.3 Å². The summed E-state index contributed by atoms with van der Waals surface area (Å²) in [6.45, 7) is 1.39. The van der Waals surface area contributed by atoms with Gasteiger partial charge in [0, 0.05) is 13.1 Å². The molecule has 4 heteroatoms. The van der Waals surface area contributed by atoms with E-state index >= 15 is 0 Å². The highest BCUT2D eigenvalue weighted by Crippen LogP contribution is 2.03. The Hall–Kier alpha value is -1.40. The van der Waals surface area contributed by atoms with E-state index in [0.29, 0.717) is 5.56 Å². The molecule has 0 bridgehead atoms. The second kappa shape index (κ2) is 4.47. The Morgan fingerprint density at radius 2 is 2.33 bits per heavy atom. The fourth-order valence-corrected chi connectivity index (χ4v) is 0.776. The molecule has 1 aromatic heterocycles. The van der Waals surface area contributed by atoms with Crippen molar-refractivity contribution in [2.45, 2.75) is 6.92 Å². The molecule has 1 aromatic rings. The first-order valence-corrected chi connectivity index (χ1v) is 3.11. The van der Waals surface area contributed by atoms with E-state index in [1.807, 2.05) is 6.07 Å². The summed E-state index contributed by atoms with van der Waals surface area (Å²) in [5, 5.41) is 8.53. The summed E-state index contributed by atoms with van der Waals surface area (Å²) in [4.78, 5) is 14.6. The second-order valence-corrected chi connectivity index (χ2v) is 2.07. The topological polar surface area (TPSA) is 53.8 Å². The lowest BCUT2D eigenvalue weighted by atomic mass is 10.1. The summed E-state index contributed by atoms with van der Waals surface area (Å²) in [5.74, 6) is -0.179. The van der Waals surface area contributed by atoms with Crippen LogP contribution in [-0.2, 0) is 0 Å². The lowest BCUT2D eigenvalue weighted by molar-refractivity contribution is 0.101. The fraction of sp³-hybridized carbons (Fsp3) is 0.125. The molecule has 12 heavy (non-hydrogen) atoms. The zero-order chi connectivity index (χ0) is 8.27. The number of hydrogen-bond acceptors (Lipinski definition) is 3. The molecule has 0 radical (unpaired) electrons. The van der Waals surface area contributed by atoms with Crippen molar-refractivity contribution in [2.75, 3.05) is 0 Å². The van der Waals surface area contributed by atoms with Crippen molar-refractivity contribution in [1.29, 1.82) is 5.26 Å². The van der Waals surface area contributed by atoms with Gasteiger partial charge in [-0.2, -0.15) is 5.26 Å². The molecule has 0 unspecified atom stereocenters. The first kappa shape index (κ1) is 10.6. The molecule has 0 fully saturated rings. The quantitative estimate of drug-likeness (QED) is 0.620. The van der Waals surface area contributed by atoms with Crippen LogP contribution in [0.5, 0.6) is 0 Å². The third kappa shape index (κ3) is 2.04. The Bertz CT molecular complexity index is 330. The molecule has 1 heterocycles. The number of aromatic nitrogens is 1. The van der Waals surface area contributed by atoms with Crippen molar-refractivity contribution < 1.29 is 4.79 Å². The molecule has 0 saturated carbocycles. The van der Waals surface area contributed by atoms with E-state index < -0.39 is 0 Å². The molecule has 62 valence electrons. The van der Waals surface area contributed by atoms with Crippen LogP contribution in [0, 0.1) is 11.3 Å². The van der Waals surface area contributed by atoms with Gasteiger partial charge >= 0.3 is 0 Å². The number of hydrogen-bond donors (Lipinski definition) is 0. The predicted octanol–water partition coefficient (Wildman–Crippen LogP) is 1.58. The number of carbonyl (C=O) groups excluding carboxylic acids is 1. The smallest absolute Gasteiger partial charge is 0.179 e. The van der Waals surface area contributed by atoms with Gasteiger partial charge in [0.2, 0.25) is 0 Å². The third-order valence-electron chi connectivity index (χ3n) is 1.26. The van der Waals surface area contributed by atoms with Crippen molar-refractivity contribution in [3.63, 3.8) is 0 Å². The highest BCUT2D eigenvalue weighted by molar-refractivity contribution is 5.94. The Morgan fingerprint density at radius 1 is 1.67 bits per heavy atom. The van der Waals surface area contributed by atoms with E-state index in [4.69, 9.17) is 5.26 Å². The number of pyridine rings is 1. The number of ketones is 1. The lowest BCUT2D eigenvalue weighted by Gasteiger charge is -1.94. The zero-order valence-electron chi connectivity index (χ0n) is 6.44. The van der Waals surface area contributed by atoms with E-state index in [9.17, 15) is 4.79 Å². The van der Waals surface area contributed by atoms with Crippen molar-refractivity contribution >= 4 is 18.2 Å².